The van der Waals surface area contributed by atoms with Gasteiger partial charge in [-0.3, -0.25) is 4.79 Å². The fourth-order valence-corrected chi connectivity index (χ4v) is 2.42. The summed E-state index contributed by atoms with van der Waals surface area (Å²) in [6.45, 7) is 0.452. The van der Waals surface area contributed by atoms with E-state index >= 15 is 0 Å². The average molecular weight is 365 g/mol. The Morgan fingerprint density at radius 2 is 1.96 bits per heavy atom. The van der Waals surface area contributed by atoms with Crippen molar-refractivity contribution in [3.8, 4) is 0 Å². The summed E-state index contributed by atoms with van der Waals surface area (Å²) < 4.78 is 1.75. The second-order valence-electron chi connectivity index (χ2n) is 5.57. The predicted molar refractivity (Wildman–Crippen MR) is 95.8 cm³/mol. The molecular formula is C18H15N5O4. The van der Waals surface area contributed by atoms with Crippen LogP contribution < -0.4 is 0 Å². The molecule has 2 aromatic heterocycles. The van der Waals surface area contributed by atoms with Gasteiger partial charge in [-0.05, 0) is 22.9 Å². The third kappa shape index (κ3) is 4.54. The number of hydrogen-bond acceptors (Lipinski definition) is 6. The molecule has 3 N–H and O–H groups in total. The zero-order valence-electron chi connectivity index (χ0n) is 14.0. The highest BCUT2D eigenvalue weighted by Gasteiger charge is 2.13. The number of aromatic nitrogens is 5. The number of nitrogens with zero attached hydrogens (tertiary/aromatic N) is 4. The molecular weight excluding hydrogens is 350 g/mol. The van der Waals surface area contributed by atoms with Crippen molar-refractivity contribution in [1.29, 1.82) is 0 Å². The lowest BCUT2D eigenvalue weighted by molar-refractivity contribution is -0.131. The Kier molecular flexibility index (Phi) is 5.22. The van der Waals surface area contributed by atoms with Gasteiger partial charge >= 0.3 is 5.97 Å². The first-order valence-corrected chi connectivity index (χ1v) is 7.87. The Balaban J connectivity index is 1.91. The van der Waals surface area contributed by atoms with Crippen molar-refractivity contribution in [3.05, 3.63) is 77.4 Å². The topological polar surface area (TPSA) is 134 Å². The predicted octanol–water partition coefficient (Wildman–Crippen LogP) is 1.93. The Hall–Kier alpha value is -4.01. The fraction of sp³-hybridized carbons (Fsp3) is 0.0556. The summed E-state index contributed by atoms with van der Waals surface area (Å²) in [4.78, 5) is 23.3. The zero-order valence-corrected chi connectivity index (χ0v) is 14.0. The van der Waals surface area contributed by atoms with Crippen LogP contribution in [0.1, 0.15) is 27.4 Å². The minimum Gasteiger partial charge on any atom is -0.504 e. The highest BCUT2D eigenvalue weighted by molar-refractivity contribution is 6.07. The molecule has 2 heterocycles. The summed E-state index contributed by atoms with van der Waals surface area (Å²) in [7, 11) is 0. The van der Waals surface area contributed by atoms with Gasteiger partial charge in [0.15, 0.2) is 11.5 Å². The molecule has 3 aromatic rings. The van der Waals surface area contributed by atoms with Crippen molar-refractivity contribution in [2.24, 2.45) is 0 Å². The number of aliphatic hydroxyl groups is 1. The quantitative estimate of drug-likeness (QED) is 0.331. The third-order valence-corrected chi connectivity index (χ3v) is 3.65. The number of H-pyrrole nitrogens is 1. The molecule has 27 heavy (non-hydrogen) atoms. The summed E-state index contributed by atoms with van der Waals surface area (Å²) in [6.07, 6.45) is 4.98. The fourth-order valence-electron chi connectivity index (χ4n) is 2.42. The van der Waals surface area contributed by atoms with Crippen molar-refractivity contribution in [2.75, 3.05) is 0 Å². The largest absolute Gasteiger partial charge is 0.504 e. The molecule has 0 amide bonds. The number of carbonyl (C=O) groups excluding carboxylic acids is 1. The lowest BCUT2D eigenvalue weighted by atomic mass is 10.2. The Morgan fingerprint density at radius 1 is 1.19 bits per heavy atom. The van der Waals surface area contributed by atoms with E-state index in [1.807, 2.05) is 30.3 Å². The molecule has 0 fully saturated rings. The molecule has 0 unspecified atom stereocenters. The maximum absolute atomic E-state index is 12.4. The van der Waals surface area contributed by atoms with Crippen LogP contribution >= 0.6 is 0 Å². The lowest BCUT2D eigenvalue weighted by Crippen LogP contribution is -2.01. The van der Waals surface area contributed by atoms with Crippen molar-refractivity contribution >= 4 is 23.6 Å². The van der Waals surface area contributed by atoms with Crippen LogP contribution in [0.25, 0.3) is 11.8 Å². The summed E-state index contributed by atoms with van der Waals surface area (Å²) >= 11 is 0. The highest BCUT2D eigenvalue weighted by atomic mass is 16.4. The molecule has 0 aliphatic heterocycles. The number of aliphatic carboxylic acids is 1. The molecule has 0 spiro atoms. The molecule has 0 bridgehead atoms. The average Bonchev–Trinajstić information content (AvgIpc) is 3.31. The van der Waals surface area contributed by atoms with Gasteiger partial charge in [0.25, 0.3) is 0 Å². The first kappa shape index (κ1) is 17.8. The van der Waals surface area contributed by atoms with E-state index < -0.39 is 17.5 Å². The van der Waals surface area contributed by atoms with E-state index in [9.17, 15) is 14.7 Å². The Bertz CT molecular complexity index is 1000. The van der Waals surface area contributed by atoms with Crippen molar-refractivity contribution in [2.45, 2.75) is 6.54 Å². The standard InChI is InChI=1S/C18H15N5O4/c24-15(9-16(25)18-19-21-22-20-18)13-8-14(6-7-17(26)27)23(11-13)10-12-4-2-1-3-5-12/h1-9,11,25H,10H2,(H,26,27)(H,19,20,21,22). The van der Waals surface area contributed by atoms with Crippen LogP contribution in [0, 0.1) is 0 Å². The van der Waals surface area contributed by atoms with Crippen LogP contribution in [0.5, 0.6) is 0 Å². The van der Waals surface area contributed by atoms with Crippen LogP contribution in [-0.4, -0.2) is 47.2 Å². The minimum absolute atomic E-state index is 0.0990. The number of nitrogens with one attached hydrogen (secondary N) is 1. The van der Waals surface area contributed by atoms with Crippen LogP contribution in [0.15, 0.2) is 54.7 Å². The second kappa shape index (κ2) is 7.91. The van der Waals surface area contributed by atoms with Crippen LogP contribution in [0.3, 0.4) is 0 Å². The van der Waals surface area contributed by atoms with Gasteiger partial charge in [0, 0.05) is 36.2 Å². The summed E-state index contributed by atoms with van der Waals surface area (Å²) in [5.41, 5.74) is 1.81. The number of rotatable bonds is 7. The van der Waals surface area contributed by atoms with Crippen LogP contribution in [-0.2, 0) is 11.3 Å². The van der Waals surface area contributed by atoms with Gasteiger partial charge in [-0.15, -0.1) is 10.2 Å². The smallest absolute Gasteiger partial charge is 0.328 e. The molecule has 0 radical (unpaired) electrons. The molecule has 0 saturated heterocycles. The van der Waals surface area contributed by atoms with Gasteiger partial charge in [-0.2, -0.15) is 5.21 Å². The third-order valence-electron chi connectivity index (χ3n) is 3.65. The van der Waals surface area contributed by atoms with Crippen LogP contribution in [0.2, 0.25) is 0 Å². The van der Waals surface area contributed by atoms with Crippen molar-refractivity contribution < 1.29 is 19.8 Å². The van der Waals surface area contributed by atoms with E-state index in [0.29, 0.717) is 12.2 Å². The SMILES string of the molecule is O=C(O)C=Cc1cc(C(=O)C=C(O)c2nn[nH]n2)cn1Cc1ccccc1. The number of tetrazole rings is 1. The molecule has 136 valence electrons. The van der Waals surface area contributed by atoms with Crippen LogP contribution in [0.4, 0.5) is 0 Å². The second-order valence-corrected chi connectivity index (χ2v) is 5.57. The van der Waals surface area contributed by atoms with Gasteiger partial charge < -0.3 is 14.8 Å². The normalized spacial score (nSPS) is 11.8. The number of aromatic amines is 1. The monoisotopic (exact) mass is 365 g/mol. The lowest BCUT2D eigenvalue weighted by Gasteiger charge is -2.06. The number of ketones is 1. The number of carboxylic acids is 1. The number of aliphatic hydroxyl groups excluding tert-OH is 1. The van der Waals surface area contributed by atoms with Crippen molar-refractivity contribution in [3.63, 3.8) is 0 Å². The van der Waals surface area contributed by atoms with Gasteiger partial charge in [-0.1, -0.05) is 30.3 Å². The number of hydrogen-bond donors (Lipinski definition) is 3. The Morgan fingerprint density at radius 3 is 2.63 bits per heavy atom. The number of benzene rings is 1. The maximum Gasteiger partial charge on any atom is 0.328 e. The molecule has 0 aliphatic rings. The summed E-state index contributed by atoms with van der Waals surface area (Å²) in [5, 5.41) is 31.4. The summed E-state index contributed by atoms with van der Waals surface area (Å²) in [6, 6.07) is 11.1. The van der Waals surface area contributed by atoms with E-state index in [1.54, 1.807) is 16.8 Å². The molecule has 1 aromatic carbocycles. The van der Waals surface area contributed by atoms with E-state index in [4.69, 9.17) is 5.11 Å². The molecule has 0 aliphatic carbocycles. The van der Waals surface area contributed by atoms with E-state index in [0.717, 1.165) is 17.7 Å². The number of carboxylic acid groups (broad SMARTS) is 1. The molecule has 9 nitrogen and oxygen atoms in total. The van der Waals surface area contributed by atoms with Gasteiger partial charge in [0.1, 0.15) is 0 Å². The Labute approximate surface area is 153 Å². The first-order chi connectivity index (χ1) is 13.0. The van der Waals surface area contributed by atoms with Gasteiger partial charge in [-0.25, -0.2) is 4.79 Å². The van der Waals surface area contributed by atoms with Gasteiger partial charge in [0.05, 0.1) is 0 Å². The molecule has 0 atom stereocenters. The first-order valence-electron chi connectivity index (χ1n) is 7.87. The molecule has 0 saturated carbocycles. The minimum atomic E-state index is -1.09. The maximum atomic E-state index is 12.4. The van der Waals surface area contributed by atoms with Gasteiger partial charge in [0.2, 0.25) is 5.82 Å². The zero-order chi connectivity index (χ0) is 19.2. The van der Waals surface area contributed by atoms with E-state index in [2.05, 4.69) is 20.6 Å². The number of carbonyl (C=O) groups is 2. The van der Waals surface area contributed by atoms with E-state index in [1.165, 1.54) is 6.08 Å². The molecule has 9 heteroatoms. The summed E-state index contributed by atoms with van der Waals surface area (Å²) in [5.74, 6) is -2.09. The van der Waals surface area contributed by atoms with Crippen molar-refractivity contribution in [1.82, 2.24) is 25.2 Å². The highest BCUT2D eigenvalue weighted by Crippen LogP contribution is 2.16. The molecule has 3 rings (SSSR count). The number of allylic oxidation sites excluding steroid dienone is 1. The van der Waals surface area contributed by atoms with E-state index in [-0.39, 0.29) is 11.4 Å².